The van der Waals surface area contributed by atoms with Crippen molar-refractivity contribution < 1.29 is 13.6 Å². The Hall–Kier alpha value is -3.99. The van der Waals surface area contributed by atoms with Crippen molar-refractivity contribution >= 4 is 33.5 Å². The van der Waals surface area contributed by atoms with E-state index < -0.39 is 0 Å². The van der Waals surface area contributed by atoms with Gasteiger partial charge in [-0.1, -0.05) is 42.5 Å². The molecule has 1 heterocycles. The zero-order valence-electron chi connectivity index (χ0n) is 15.2. The number of rotatable bonds is 3. The predicted octanol–water partition coefficient (Wildman–Crippen LogP) is 6.04. The number of carbonyl (C=O) groups is 1. The summed E-state index contributed by atoms with van der Waals surface area (Å²) in [5.74, 6) is -0.300. The molecule has 29 heavy (non-hydrogen) atoms. The highest BCUT2D eigenvalue weighted by Gasteiger charge is 2.16. The number of halogens is 1. The lowest BCUT2D eigenvalue weighted by Crippen LogP contribution is -2.12. The van der Waals surface area contributed by atoms with E-state index in [1.165, 1.54) is 24.3 Å². The molecule has 0 aliphatic rings. The summed E-state index contributed by atoms with van der Waals surface area (Å²) < 4.78 is 19.2. The van der Waals surface area contributed by atoms with Crippen LogP contribution < -0.4 is 5.32 Å². The summed E-state index contributed by atoms with van der Waals surface area (Å²) in [5, 5.41) is 4.92. The van der Waals surface area contributed by atoms with Crippen LogP contribution in [0.2, 0.25) is 0 Å². The van der Waals surface area contributed by atoms with Crippen LogP contribution in [0.5, 0.6) is 0 Å². The van der Waals surface area contributed by atoms with Gasteiger partial charge in [0.15, 0.2) is 5.58 Å². The second kappa shape index (κ2) is 6.87. The Morgan fingerprint density at radius 3 is 2.48 bits per heavy atom. The maximum atomic E-state index is 13.1. The number of anilines is 1. The molecular formula is C24H15FN2O2. The highest BCUT2D eigenvalue weighted by Crippen LogP contribution is 2.33. The third-order valence-corrected chi connectivity index (χ3v) is 4.79. The zero-order valence-corrected chi connectivity index (χ0v) is 15.2. The fraction of sp³-hybridized carbons (Fsp3) is 0. The van der Waals surface area contributed by atoms with E-state index >= 15 is 0 Å². The van der Waals surface area contributed by atoms with E-state index in [4.69, 9.17) is 4.42 Å². The second-order valence-electron chi connectivity index (χ2n) is 6.66. The minimum absolute atomic E-state index is 0.334. The summed E-state index contributed by atoms with van der Waals surface area (Å²) >= 11 is 0. The molecule has 0 saturated carbocycles. The highest BCUT2D eigenvalue weighted by atomic mass is 19.1. The third kappa shape index (κ3) is 3.12. The number of oxazole rings is 1. The van der Waals surface area contributed by atoms with Crippen molar-refractivity contribution in [1.82, 2.24) is 4.98 Å². The Kier molecular flexibility index (Phi) is 4.06. The minimum atomic E-state index is -0.388. The van der Waals surface area contributed by atoms with E-state index in [9.17, 15) is 9.18 Å². The molecule has 5 heteroatoms. The zero-order chi connectivity index (χ0) is 19.8. The Morgan fingerprint density at radius 1 is 0.862 bits per heavy atom. The van der Waals surface area contributed by atoms with Gasteiger partial charge >= 0.3 is 0 Å². The number of nitrogens with zero attached hydrogens (tertiary/aromatic N) is 1. The van der Waals surface area contributed by atoms with Gasteiger partial charge in [-0.15, -0.1) is 0 Å². The van der Waals surface area contributed by atoms with E-state index in [-0.39, 0.29) is 11.7 Å². The molecule has 0 bridgehead atoms. The molecule has 0 unspecified atom stereocenters. The van der Waals surface area contributed by atoms with Crippen LogP contribution >= 0.6 is 0 Å². The molecule has 0 atom stereocenters. The van der Waals surface area contributed by atoms with Gasteiger partial charge < -0.3 is 9.73 Å². The van der Waals surface area contributed by atoms with Crippen molar-refractivity contribution in [2.24, 2.45) is 0 Å². The van der Waals surface area contributed by atoms with E-state index in [0.717, 1.165) is 16.3 Å². The van der Waals surface area contributed by atoms with E-state index in [0.29, 0.717) is 28.3 Å². The molecule has 0 spiro atoms. The largest absolute Gasteiger partial charge is 0.435 e. The number of amides is 1. The molecule has 4 aromatic carbocycles. The maximum Gasteiger partial charge on any atom is 0.255 e. The third-order valence-electron chi connectivity index (χ3n) is 4.79. The number of hydrogen-bond acceptors (Lipinski definition) is 3. The molecular weight excluding hydrogens is 367 g/mol. The molecule has 0 fully saturated rings. The molecule has 0 aliphatic carbocycles. The summed E-state index contributed by atoms with van der Waals surface area (Å²) in [6.45, 7) is 0. The normalized spacial score (nSPS) is 11.1. The molecule has 140 valence electrons. The molecule has 0 radical (unpaired) electrons. The quantitative estimate of drug-likeness (QED) is 0.414. The first-order chi connectivity index (χ1) is 14.2. The van der Waals surface area contributed by atoms with Crippen LogP contribution in [0.15, 0.2) is 89.3 Å². The number of para-hydroxylation sites is 1. The van der Waals surface area contributed by atoms with Crippen LogP contribution in [-0.4, -0.2) is 10.9 Å². The number of carbonyl (C=O) groups excluding carboxylic acids is 1. The van der Waals surface area contributed by atoms with Gasteiger partial charge in [0.2, 0.25) is 5.89 Å². The van der Waals surface area contributed by atoms with Crippen LogP contribution in [0, 0.1) is 5.82 Å². The van der Waals surface area contributed by atoms with Crippen molar-refractivity contribution in [3.63, 3.8) is 0 Å². The SMILES string of the molecule is O=C(Nc1ccccc1-c1nc2ccc3ccccc3c2o1)c1ccc(F)cc1. The lowest BCUT2D eigenvalue weighted by atomic mass is 10.1. The van der Waals surface area contributed by atoms with Gasteiger partial charge in [0.05, 0.1) is 11.3 Å². The van der Waals surface area contributed by atoms with Gasteiger partial charge in [-0.05, 0) is 47.9 Å². The van der Waals surface area contributed by atoms with Crippen molar-refractivity contribution in [3.8, 4) is 11.5 Å². The lowest BCUT2D eigenvalue weighted by molar-refractivity contribution is 0.102. The number of benzene rings is 4. The van der Waals surface area contributed by atoms with Crippen LogP contribution in [0.3, 0.4) is 0 Å². The molecule has 0 aliphatic heterocycles. The number of nitrogens with one attached hydrogen (secondary N) is 1. The first-order valence-corrected chi connectivity index (χ1v) is 9.14. The average molecular weight is 382 g/mol. The van der Waals surface area contributed by atoms with Crippen LogP contribution in [-0.2, 0) is 0 Å². The summed E-state index contributed by atoms with van der Waals surface area (Å²) in [7, 11) is 0. The van der Waals surface area contributed by atoms with Gasteiger partial charge in [0.25, 0.3) is 5.91 Å². The Labute approximate surface area is 165 Å². The first kappa shape index (κ1) is 17.1. The van der Waals surface area contributed by atoms with Crippen molar-refractivity contribution in [1.29, 1.82) is 0 Å². The Balaban J connectivity index is 1.56. The predicted molar refractivity (Wildman–Crippen MR) is 111 cm³/mol. The van der Waals surface area contributed by atoms with Crippen LogP contribution in [0.1, 0.15) is 10.4 Å². The number of fused-ring (bicyclic) bond motifs is 3. The number of aromatic nitrogens is 1. The van der Waals surface area contributed by atoms with E-state index in [2.05, 4.69) is 10.3 Å². The molecule has 1 amide bonds. The van der Waals surface area contributed by atoms with Crippen molar-refractivity contribution in [2.75, 3.05) is 5.32 Å². The molecule has 1 aromatic heterocycles. The molecule has 4 nitrogen and oxygen atoms in total. The fourth-order valence-corrected chi connectivity index (χ4v) is 3.35. The smallest absolute Gasteiger partial charge is 0.255 e. The van der Waals surface area contributed by atoms with Gasteiger partial charge in [-0.25, -0.2) is 9.37 Å². The molecule has 1 N–H and O–H groups in total. The molecule has 5 rings (SSSR count). The fourth-order valence-electron chi connectivity index (χ4n) is 3.35. The topological polar surface area (TPSA) is 55.1 Å². The highest BCUT2D eigenvalue weighted by molar-refractivity contribution is 6.07. The van der Waals surface area contributed by atoms with E-state index in [1.54, 1.807) is 6.07 Å². The summed E-state index contributed by atoms with van der Waals surface area (Å²) in [6, 6.07) is 24.6. The van der Waals surface area contributed by atoms with Gasteiger partial charge in [0, 0.05) is 10.9 Å². The van der Waals surface area contributed by atoms with Gasteiger partial charge in [0.1, 0.15) is 11.3 Å². The Morgan fingerprint density at radius 2 is 1.62 bits per heavy atom. The van der Waals surface area contributed by atoms with E-state index in [1.807, 2.05) is 54.6 Å². The standard InChI is InChI=1S/C24H15FN2O2/c25-17-12-9-16(10-13-17)23(28)26-20-8-4-3-7-19(20)24-27-21-14-11-15-5-1-2-6-18(15)22(21)29-24/h1-14H,(H,26,28). The van der Waals surface area contributed by atoms with Gasteiger partial charge in [-0.3, -0.25) is 4.79 Å². The summed E-state index contributed by atoms with van der Waals surface area (Å²) in [6.07, 6.45) is 0. The molecule has 5 aromatic rings. The summed E-state index contributed by atoms with van der Waals surface area (Å²) in [4.78, 5) is 17.2. The van der Waals surface area contributed by atoms with Crippen molar-refractivity contribution in [3.05, 3.63) is 96.3 Å². The maximum absolute atomic E-state index is 13.1. The van der Waals surface area contributed by atoms with Crippen molar-refractivity contribution in [2.45, 2.75) is 0 Å². The Bertz CT molecular complexity index is 1360. The second-order valence-corrected chi connectivity index (χ2v) is 6.66. The number of hydrogen-bond donors (Lipinski definition) is 1. The van der Waals surface area contributed by atoms with Crippen LogP contribution in [0.25, 0.3) is 33.3 Å². The average Bonchev–Trinajstić information content (AvgIpc) is 3.19. The monoisotopic (exact) mass is 382 g/mol. The minimum Gasteiger partial charge on any atom is -0.435 e. The lowest BCUT2D eigenvalue weighted by Gasteiger charge is -2.09. The summed E-state index contributed by atoms with van der Waals surface area (Å²) in [5.41, 5.74) is 3.06. The molecule has 0 saturated heterocycles. The van der Waals surface area contributed by atoms with Gasteiger partial charge in [-0.2, -0.15) is 0 Å². The van der Waals surface area contributed by atoms with Crippen LogP contribution in [0.4, 0.5) is 10.1 Å². The first-order valence-electron chi connectivity index (χ1n) is 9.14.